The van der Waals surface area contributed by atoms with Gasteiger partial charge in [-0.15, -0.1) is 0 Å². The molecule has 0 unspecified atom stereocenters. The van der Waals surface area contributed by atoms with Crippen molar-refractivity contribution in [3.63, 3.8) is 0 Å². The second-order valence-corrected chi connectivity index (χ2v) is 8.44. The van der Waals surface area contributed by atoms with E-state index in [-0.39, 0.29) is 17.8 Å². The Hall–Kier alpha value is -3.10. The maximum Gasteiger partial charge on any atom is 0.337 e. The summed E-state index contributed by atoms with van der Waals surface area (Å²) in [6.45, 7) is 0.368. The summed E-state index contributed by atoms with van der Waals surface area (Å²) in [6, 6.07) is 12.7. The largest absolute Gasteiger partial charge is 0.486 e. The molecule has 0 saturated carbocycles. The molecule has 1 atom stereocenters. The Morgan fingerprint density at radius 2 is 2.00 bits per heavy atom. The monoisotopic (exact) mass is 469 g/mol. The van der Waals surface area contributed by atoms with Crippen LogP contribution in [0.4, 0.5) is 0 Å². The smallest absolute Gasteiger partial charge is 0.337 e. The topological polar surface area (TPSA) is 90.4 Å². The molecule has 1 aromatic heterocycles. The highest BCUT2D eigenvalue weighted by Crippen LogP contribution is 2.39. The van der Waals surface area contributed by atoms with E-state index < -0.39 is 5.97 Å². The van der Waals surface area contributed by atoms with Crippen LogP contribution in [-0.2, 0) is 16.0 Å². The third-order valence-corrected chi connectivity index (χ3v) is 6.03. The number of amides is 1. The Morgan fingerprint density at radius 3 is 2.78 bits per heavy atom. The Balaban J connectivity index is 1.38. The summed E-state index contributed by atoms with van der Waals surface area (Å²) in [5.41, 5.74) is 3.17. The van der Waals surface area contributed by atoms with Gasteiger partial charge in [-0.2, -0.15) is 0 Å². The van der Waals surface area contributed by atoms with Crippen molar-refractivity contribution in [2.75, 3.05) is 19.4 Å². The van der Waals surface area contributed by atoms with Gasteiger partial charge in [0, 0.05) is 24.4 Å². The van der Waals surface area contributed by atoms with Crippen molar-refractivity contribution in [2.45, 2.75) is 17.7 Å². The fourth-order valence-electron chi connectivity index (χ4n) is 3.38. The molecule has 0 aliphatic carbocycles. The van der Waals surface area contributed by atoms with Crippen LogP contribution in [0, 0.1) is 0 Å². The first-order valence-electron chi connectivity index (χ1n) is 9.88. The fourth-order valence-corrected chi connectivity index (χ4v) is 4.30. The van der Waals surface area contributed by atoms with Crippen LogP contribution in [0.3, 0.4) is 0 Å². The van der Waals surface area contributed by atoms with Crippen molar-refractivity contribution < 1.29 is 19.1 Å². The molecule has 7 nitrogen and oxygen atoms in total. The van der Waals surface area contributed by atoms with Gasteiger partial charge < -0.3 is 14.8 Å². The van der Waals surface area contributed by atoms with Crippen LogP contribution in [-0.4, -0.2) is 47.4 Å². The van der Waals surface area contributed by atoms with Crippen LogP contribution < -0.4 is 10.1 Å². The van der Waals surface area contributed by atoms with Gasteiger partial charge in [-0.1, -0.05) is 35.5 Å². The molecular formula is C23H20ClN3O4S. The standard InChI is InChI=1S/C23H20ClN3O4S/c1-30-22(29)15-5-2-4-14(8-15)16-9-17-10-18(31-21(17)19(24)11-16)12-27-20(28)13-32-23-25-6-3-7-26-23/h2-9,11,18H,10,12-13H2,1H3,(H,27,28)/t18-/m1/s1. The van der Waals surface area contributed by atoms with E-state index in [1.807, 2.05) is 18.2 Å². The van der Waals surface area contributed by atoms with Gasteiger partial charge in [0.2, 0.25) is 5.91 Å². The van der Waals surface area contributed by atoms with Crippen LogP contribution >= 0.6 is 23.4 Å². The zero-order chi connectivity index (χ0) is 22.5. The Kier molecular flexibility index (Phi) is 6.92. The van der Waals surface area contributed by atoms with Crippen LogP contribution in [0.2, 0.25) is 5.02 Å². The SMILES string of the molecule is COC(=O)c1cccc(-c2cc(Cl)c3c(c2)C[C@H](CNC(=O)CSc2ncccn2)O3)c1. The van der Waals surface area contributed by atoms with Crippen molar-refractivity contribution in [3.8, 4) is 16.9 Å². The van der Waals surface area contributed by atoms with Crippen LogP contribution in [0.5, 0.6) is 5.75 Å². The van der Waals surface area contributed by atoms with Crippen molar-refractivity contribution in [1.82, 2.24) is 15.3 Å². The zero-order valence-electron chi connectivity index (χ0n) is 17.2. The van der Waals surface area contributed by atoms with Crippen molar-refractivity contribution in [1.29, 1.82) is 0 Å². The minimum Gasteiger partial charge on any atom is -0.486 e. The number of carbonyl (C=O) groups is 2. The van der Waals surface area contributed by atoms with E-state index in [0.29, 0.717) is 34.5 Å². The molecule has 1 aliphatic heterocycles. The molecule has 1 aliphatic rings. The first-order valence-corrected chi connectivity index (χ1v) is 11.2. The molecule has 4 rings (SSSR count). The van der Waals surface area contributed by atoms with Gasteiger partial charge in [-0.3, -0.25) is 4.79 Å². The Labute approximate surface area is 194 Å². The number of fused-ring (bicyclic) bond motifs is 1. The first-order chi connectivity index (χ1) is 15.5. The molecule has 164 valence electrons. The van der Waals surface area contributed by atoms with E-state index in [1.165, 1.54) is 18.9 Å². The number of hydrogen-bond donors (Lipinski definition) is 1. The minimum absolute atomic E-state index is 0.117. The second-order valence-electron chi connectivity index (χ2n) is 7.09. The third-order valence-electron chi connectivity index (χ3n) is 4.87. The molecule has 0 radical (unpaired) electrons. The summed E-state index contributed by atoms with van der Waals surface area (Å²) >= 11 is 7.75. The van der Waals surface area contributed by atoms with Gasteiger partial charge >= 0.3 is 5.97 Å². The summed E-state index contributed by atoms with van der Waals surface area (Å²) in [5.74, 6) is 0.347. The first kappa shape index (κ1) is 22.1. The number of halogens is 1. The summed E-state index contributed by atoms with van der Waals surface area (Å²) in [5, 5.41) is 3.94. The molecule has 0 fully saturated rings. The lowest BCUT2D eigenvalue weighted by Crippen LogP contribution is -2.35. The number of benzene rings is 2. The van der Waals surface area contributed by atoms with E-state index in [9.17, 15) is 9.59 Å². The molecule has 0 spiro atoms. The van der Waals surface area contributed by atoms with Gasteiger partial charge in [0.1, 0.15) is 11.9 Å². The summed E-state index contributed by atoms with van der Waals surface area (Å²) < 4.78 is 10.8. The maximum absolute atomic E-state index is 12.2. The van der Waals surface area contributed by atoms with Crippen LogP contribution in [0.25, 0.3) is 11.1 Å². The molecular weight excluding hydrogens is 450 g/mol. The molecule has 2 heterocycles. The summed E-state index contributed by atoms with van der Waals surface area (Å²) in [6.07, 6.45) is 3.69. The number of esters is 1. The fraction of sp³-hybridized carbons (Fsp3) is 0.217. The number of aromatic nitrogens is 2. The molecule has 3 aromatic rings. The number of rotatable bonds is 7. The molecule has 2 aromatic carbocycles. The summed E-state index contributed by atoms with van der Waals surface area (Å²) in [4.78, 5) is 32.2. The number of nitrogens with one attached hydrogen (secondary N) is 1. The normalized spacial score (nSPS) is 14.4. The average molecular weight is 470 g/mol. The Morgan fingerprint density at radius 1 is 1.19 bits per heavy atom. The number of carbonyl (C=O) groups excluding carboxylic acids is 2. The highest BCUT2D eigenvalue weighted by Gasteiger charge is 2.26. The molecule has 1 N–H and O–H groups in total. The van der Waals surface area contributed by atoms with E-state index in [4.69, 9.17) is 21.1 Å². The number of hydrogen-bond acceptors (Lipinski definition) is 7. The predicted octanol–water partition coefficient (Wildman–Crippen LogP) is 3.80. The van der Waals surface area contributed by atoms with Gasteiger partial charge in [-0.05, 0) is 41.5 Å². The molecule has 9 heteroatoms. The quantitative estimate of drug-likeness (QED) is 0.320. The average Bonchev–Trinajstić information content (AvgIpc) is 3.25. The van der Waals surface area contributed by atoms with Gasteiger partial charge in [0.25, 0.3) is 0 Å². The number of methoxy groups -OCH3 is 1. The predicted molar refractivity (Wildman–Crippen MR) is 122 cm³/mol. The van der Waals surface area contributed by atoms with E-state index in [2.05, 4.69) is 15.3 Å². The molecule has 0 saturated heterocycles. The molecule has 0 bridgehead atoms. The lowest BCUT2D eigenvalue weighted by molar-refractivity contribution is -0.118. The number of ether oxygens (including phenoxy) is 2. The van der Waals surface area contributed by atoms with E-state index in [0.717, 1.165) is 16.7 Å². The highest BCUT2D eigenvalue weighted by molar-refractivity contribution is 7.99. The minimum atomic E-state index is -0.393. The van der Waals surface area contributed by atoms with Crippen molar-refractivity contribution in [2.24, 2.45) is 0 Å². The van der Waals surface area contributed by atoms with Gasteiger partial charge in [0.15, 0.2) is 5.16 Å². The number of nitrogens with zero attached hydrogens (tertiary/aromatic N) is 2. The molecule has 32 heavy (non-hydrogen) atoms. The Bertz CT molecular complexity index is 1140. The maximum atomic E-state index is 12.2. The third kappa shape index (κ3) is 5.20. The highest BCUT2D eigenvalue weighted by atomic mass is 35.5. The van der Waals surface area contributed by atoms with Gasteiger partial charge in [-0.25, -0.2) is 14.8 Å². The van der Waals surface area contributed by atoms with E-state index >= 15 is 0 Å². The lowest BCUT2D eigenvalue weighted by Gasteiger charge is -2.12. The van der Waals surface area contributed by atoms with Crippen LogP contribution in [0.1, 0.15) is 15.9 Å². The van der Waals surface area contributed by atoms with E-state index in [1.54, 1.807) is 36.7 Å². The zero-order valence-corrected chi connectivity index (χ0v) is 18.8. The molecule has 1 amide bonds. The van der Waals surface area contributed by atoms with Crippen LogP contribution in [0.15, 0.2) is 60.0 Å². The second kappa shape index (κ2) is 10.0. The van der Waals surface area contributed by atoms with Crippen molar-refractivity contribution in [3.05, 3.63) is 71.0 Å². The van der Waals surface area contributed by atoms with Crippen molar-refractivity contribution >= 4 is 35.2 Å². The summed E-state index contributed by atoms with van der Waals surface area (Å²) in [7, 11) is 1.35. The van der Waals surface area contributed by atoms with Gasteiger partial charge in [0.05, 0.1) is 30.0 Å². The lowest BCUT2D eigenvalue weighted by atomic mass is 9.99. The number of thioether (sulfide) groups is 1.